The standard InChI is InChI=1S/C15H22N2O2S2/c1-20-15-5-3-2-4-14(15)17-21(18,19)12-6-7-13-11(10-12)8-9-16-13/h6-7,10,14-17H,2-5,8-9H2,1H3. The Morgan fingerprint density at radius 3 is 2.90 bits per heavy atom. The number of anilines is 1. The molecule has 2 N–H and O–H groups in total. The molecule has 0 aromatic heterocycles. The van der Waals surface area contributed by atoms with Gasteiger partial charge in [0, 0.05) is 23.5 Å². The van der Waals surface area contributed by atoms with Crippen molar-refractivity contribution in [3.8, 4) is 0 Å². The molecule has 1 saturated carbocycles. The van der Waals surface area contributed by atoms with E-state index in [1.807, 2.05) is 12.1 Å². The van der Waals surface area contributed by atoms with E-state index in [-0.39, 0.29) is 6.04 Å². The largest absolute Gasteiger partial charge is 0.384 e. The molecule has 1 aromatic carbocycles. The average molecular weight is 326 g/mol. The lowest BCUT2D eigenvalue weighted by atomic mass is 9.96. The highest BCUT2D eigenvalue weighted by Gasteiger charge is 2.29. The normalized spacial score (nSPS) is 25.4. The van der Waals surface area contributed by atoms with Crippen LogP contribution in [0.25, 0.3) is 0 Å². The van der Waals surface area contributed by atoms with Crippen molar-refractivity contribution in [2.24, 2.45) is 0 Å². The van der Waals surface area contributed by atoms with Crippen LogP contribution >= 0.6 is 11.8 Å². The van der Waals surface area contributed by atoms with Crippen LogP contribution in [0.4, 0.5) is 5.69 Å². The Kier molecular flexibility index (Phi) is 4.47. The van der Waals surface area contributed by atoms with Crippen molar-refractivity contribution < 1.29 is 8.42 Å². The van der Waals surface area contributed by atoms with Gasteiger partial charge in [-0.25, -0.2) is 13.1 Å². The first-order valence-electron chi connectivity index (χ1n) is 7.52. The molecule has 116 valence electrons. The third-order valence-corrected chi connectivity index (χ3v) is 7.07. The van der Waals surface area contributed by atoms with E-state index in [2.05, 4.69) is 16.3 Å². The van der Waals surface area contributed by atoms with Crippen molar-refractivity contribution in [1.82, 2.24) is 4.72 Å². The molecule has 2 aliphatic rings. The van der Waals surface area contributed by atoms with Gasteiger partial charge in [0.25, 0.3) is 0 Å². The van der Waals surface area contributed by atoms with Crippen LogP contribution in [0, 0.1) is 0 Å². The summed E-state index contributed by atoms with van der Waals surface area (Å²) >= 11 is 1.77. The van der Waals surface area contributed by atoms with E-state index in [1.165, 1.54) is 6.42 Å². The van der Waals surface area contributed by atoms with Gasteiger partial charge in [0.1, 0.15) is 0 Å². The summed E-state index contributed by atoms with van der Waals surface area (Å²) in [6.07, 6.45) is 7.32. The monoisotopic (exact) mass is 326 g/mol. The van der Waals surface area contributed by atoms with E-state index in [0.29, 0.717) is 10.1 Å². The fourth-order valence-electron chi connectivity index (χ4n) is 3.23. The van der Waals surface area contributed by atoms with Gasteiger partial charge < -0.3 is 5.32 Å². The molecule has 1 aliphatic carbocycles. The second kappa shape index (κ2) is 6.18. The van der Waals surface area contributed by atoms with Gasteiger partial charge in [-0.05, 0) is 49.3 Å². The maximum Gasteiger partial charge on any atom is 0.240 e. The van der Waals surface area contributed by atoms with Crippen molar-refractivity contribution in [1.29, 1.82) is 0 Å². The van der Waals surface area contributed by atoms with E-state index in [0.717, 1.165) is 43.5 Å². The first-order valence-corrected chi connectivity index (χ1v) is 10.3. The van der Waals surface area contributed by atoms with Gasteiger partial charge in [-0.2, -0.15) is 11.8 Å². The van der Waals surface area contributed by atoms with E-state index >= 15 is 0 Å². The van der Waals surface area contributed by atoms with Crippen LogP contribution in [0.3, 0.4) is 0 Å². The Balaban J connectivity index is 1.80. The van der Waals surface area contributed by atoms with Gasteiger partial charge in [-0.15, -0.1) is 0 Å². The Morgan fingerprint density at radius 2 is 2.10 bits per heavy atom. The van der Waals surface area contributed by atoms with Crippen LogP contribution in [0.5, 0.6) is 0 Å². The van der Waals surface area contributed by atoms with Crippen molar-refractivity contribution in [3.63, 3.8) is 0 Å². The molecule has 0 radical (unpaired) electrons. The molecule has 1 aromatic rings. The minimum Gasteiger partial charge on any atom is -0.384 e. The van der Waals surface area contributed by atoms with Gasteiger partial charge in [0.2, 0.25) is 10.0 Å². The predicted octanol–water partition coefficient (Wildman–Crippen LogP) is 2.61. The number of thioether (sulfide) groups is 1. The van der Waals surface area contributed by atoms with Gasteiger partial charge in [0.15, 0.2) is 0 Å². The summed E-state index contributed by atoms with van der Waals surface area (Å²) < 4.78 is 28.2. The highest BCUT2D eigenvalue weighted by molar-refractivity contribution is 7.99. The van der Waals surface area contributed by atoms with Crippen LogP contribution in [-0.2, 0) is 16.4 Å². The lowest BCUT2D eigenvalue weighted by Gasteiger charge is -2.30. The molecule has 21 heavy (non-hydrogen) atoms. The number of fused-ring (bicyclic) bond motifs is 1. The smallest absolute Gasteiger partial charge is 0.240 e. The second-order valence-electron chi connectivity index (χ2n) is 5.78. The first kappa shape index (κ1) is 15.2. The molecule has 0 saturated heterocycles. The summed E-state index contributed by atoms with van der Waals surface area (Å²) in [5.41, 5.74) is 2.16. The van der Waals surface area contributed by atoms with Crippen molar-refractivity contribution >= 4 is 27.5 Å². The maximum atomic E-state index is 12.6. The van der Waals surface area contributed by atoms with Crippen molar-refractivity contribution in [3.05, 3.63) is 23.8 Å². The number of hydrogen-bond donors (Lipinski definition) is 2. The zero-order valence-corrected chi connectivity index (χ0v) is 13.9. The maximum absolute atomic E-state index is 12.6. The second-order valence-corrected chi connectivity index (χ2v) is 8.57. The molecule has 0 spiro atoms. The molecular formula is C15H22N2O2S2. The Labute approximate surface area is 131 Å². The average Bonchev–Trinajstić information content (AvgIpc) is 2.95. The van der Waals surface area contributed by atoms with Crippen LogP contribution in [0.2, 0.25) is 0 Å². The SMILES string of the molecule is CSC1CCCCC1NS(=O)(=O)c1ccc2c(c1)CCN2. The van der Waals surface area contributed by atoms with Gasteiger partial charge >= 0.3 is 0 Å². The summed E-state index contributed by atoms with van der Waals surface area (Å²) in [5.74, 6) is 0. The molecular weight excluding hydrogens is 304 g/mol. The van der Waals surface area contributed by atoms with Gasteiger partial charge in [0.05, 0.1) is 4.90 Å². The van der Waals surface area contributed by atoms with Gasteiger partial charge in [-0.1, -0.05) is 12.8 Å². The Hall–Kier alpha value is -0.720. The molecule has 0 amide bonds. The number of sulfonamides is 1. The third kappa shape index (κ3) is 3.22. The van der Waals surface area contributed by atoms with Gasteiger partial charge in [-0.3, -0.25) is 0 Å². The van der Waals surface area contributed by atoms with Crippen molar-refractivity contribution in [2.75, 3.05) is 18.1 Å². The summed E-state index contributed by atoms with van der Waals surface area (Å²) in [4.78, 5) is 0.398. The topological polar surface area (TPSA) is 58.2 Å². The lowest BCUT2D eigenvalue weighted by molar-refractivity contribution is 0.423. The molecule has 0 bridgehead atoms. The summed E-state index contributed by atoms with van der Waals surface area (Å²) in [5, 5.41) is 3.65. The quantitative estimate of drug-likeness (QED) is 0.893. The molecule has 3 rings (SSSR count). The number of hydrogen-bond acceptors (Lipinski definition) is 4. The number of benzene rings is 1. The Bertz CT molecular complexity index is 616. The summed E-state index contributed by atoms with van der Waals surface area (Å²) in [7, 11) is -3.42. The fourth-order valence-corrected chi connectivity index (χ4v) is 5.61. The first-order chi connectivity index (χ1) is 10.1. The minimum atomic E-state index is -3.42. The Morgan fingerprint density at radius 1 is 1.29 bits per heavy atom. The molecule has 1 aliphatic heterocycles. The molecule has 1 heterocycles. The predicted molar refractivity (Wildman–Crippen MR) is 88.5 cm³/mol. The zero-order chi connectivity index (χ0) is 14.9. The highest BCUT2D eigenvalue weighted by Crippen LogP contribution is 2.29. The molecule has 2 atom stereocenters. The molecule has 6 heteroatoms. The third-order valence-electron chi connectivity index (χ3n) is 4.41. The van der Waals surface area contributed by atoms with Crippen LogP contribution in [0.1, 0.15) is 31.2 Å². The van der Waals surface area contributed by atoms with E-state index in [1.54, 1.807) is 17.8 Å². The molecule has 1 fully saturated rings. The minimum absolute atomic E-state index is 0.0603. The van der Waals surface area contributed by atoms with Crippen molar-refractivity contribution in [2.45, 2.75) is 48.3 Å². The highest BCUT2D eigenvalue weighted by atomic mass is 32.2. The molecule has 2 unspecified atom stereocenters. The van der Waals surface area contributed by atoms with E-state index in [4.69, 9.17) is 0 Å². The van der Waals surface area contributed by atoms with Crippen LogP contribution in [-0.4, -0.2) is 32.5 Å². The zero-order valence-electron chi connectivity index (χ0n) is 12.3. The van der Waals surface area contributed by atoms with Crippen LogP contribution in [0.15, 0.2) is 23.1 Å². The summed E-state index contributed by atoms with van der Waals surface area (Å²) in [6.45, 7) is 0.892. The number of rotatable bonds is 4. The fraction of sp³-hybridized carbons (Fsp3) is 0.600. The van der Waals surface area contributed by atoms with E-state index in [9.17, 15) is 8.42 Å². The van der Waals surface area contributed by atoms with Crippen LogP contribution < -0.4 is 10.0 Å². The molecule has 4 nitrogen and oxygen atoms in total. The lowest BCUT2D eigenvalue weighted by Crippen LogP contribution is -2.43. The number of nitrogens with one attached hydrogen (secondary N) is 2. The van der Waals surface area contributed by atoms with E-state index < -0.39 is 10.0 Å². The summed E-state index contributed by atoms with van der Waals surface area (Å²) in [6, 6.07) is 5.46.